The van der Waals surface area contributed by atoms with Gasteiger partial charge in [-0.3, -0.25) is 5.73 Å². The highest BCUT2D eigenvalue weighted by Crippen LogP contribution is 2.25. The number of pyridine rings is 1. The van der Waals surface area contributed by atoms with Gasteiger partial charge in [-0.1, -0.05) is 12.1 Å². The zero-order chi connectivity index (χ0) is 12.4. The van der Waals surface area contributed by atoms with Crippen molar-refractivity contribution >= 4 is 5.82 Å². The minimum atomic E-state index is -0.306. The quantitative estimate of drug-likeness (QED) is 0.812. The Morgan fingerprint density at radius 1 is 1.29 bits per heavy atom. The highest BCUT2D eigenvalue weighted by Gasteiger charge is 2.14. The first-order valence-corrected chi connectivity index (χ1v) is 5.10. The van der Waals surface area contributed by atoms with Gasteiger partial charge in [-0.05, 0) is 30.7 Å². The second-order valence-electron chi connectivity index (χ2n) is 3.77. The number of aromatic nitrogens is 1. The second-order valence-corrected chi connectivity index (χ2v) is 3.77. The molecule has 3 nitrogen and oxygen atoms in total. The van der Waals surface area contributed by atoms with Crippen LogP contribution in [0.2, 0.25) is 0 Å². The number of nitrogen functional groups attached to an aromatic ring is 1. The van der Waals surface area contributed by atoms with Gasteiger partial charge < -0.3 is 0 Å². The number of nitrogens with two attached hydrogens (primary N) is 1. The lowest BCUT2D eigenvalue weighted by molar-refractivity contribution is -0.370. The van der Waals surface area contributed by atoms with Crippen LogP contribution in [0.3, 0.4) is 0 Å². The van der Waals surface area contributed by atoms with E-state index >= 15 is 0 Å². The van der Waals surface area contributed by atoms with E-state index in [2.05, 4.69) is 11.1 Å². The third-order valence-electron chi connectivity index (χ3n) is 2.50. The van der Waals surface area contributed by atoms with Crippen molar-refractivity contribution in [3.63, 3.8) is 0 Å². The number of benzene rings is 1. The van der Waals surface area contributed by atoms with E-state index in [1.807, 2.05) is 13.0 Å². The van der Waals surface area contributed by atoms with Crippen molar-refractivity contribution < 1.29 is 9.37 Å². The molecule has 0 atom stereocenters. The molecule has 3 N–H and O–H groups in total. The molecule has 2 rings (SSSR count). The Morgan fingerprint density at radius 3 is 2.53 bits per heavy atom. The summed E-state index contributed by atoms with van der Waals surface area (Å²) in [4.78, 5) is 2.89. The van der Waals surface area contributed by atoms with Crippen LogP contribution < -0.4 is 10.7 Å². The summed E-state index contributed by atoms with van der Waals surface area (Å²) in [7, 11) is 0. The molecule has 2 aromatic rings. The molecule has 0 aliphatic heterocycles. The van der Waals surface area contributed by atoms with Crippen molar-refractivity contribution in [3.8, 4) is 17.2 Å². The molecule has 0 saturated heterocycles. The number of nitrogens with zero attached hydrogens (tertiary/aromatic N) is 1. The van der Waals surface area contributed by atoms with E-state index < -0.39 is 0 Å². The first kappa shape index (κ1) is 11.1. The summed E-state index contributed by atoms with van der Waals surface area (Å²) >= 11 is 0. The van der Waals surface area contributed by atoms with Gasteiger partial charge >= 0.3 is 0 Å². The van der Waals surface area contributed by atoms with Crippen LogP contribution in [0.4, 0.5) is 10.2 Å². The molecular formula is C13H11FN3+. The Kier molecular flexibility index (Phi) is 2.75. The summed E-state index contributed by atoms with van der Waals surface area (Å²) in [6.45, 7) is 1.85. The van der Waals surface area contributed by atoms with Gasteiger partial charge in [0.2, 0.25) is 0 Å². The number of H-pyrrole nitrogens is 1. The van der Waals surface area contributed by atoms with Crippen LogP contribution in [-0.4, -0.2) is 0 Å². The summed E-state index contributed by atoms with van der Waals surface area (Å²) in [6, 6.07) is 9.85. The van der Waals surface area contributed by atoms with Gasteiger partial charge in [-0.25, -0.2) is 9.37 Å². The van der Waals surface area contributed by atoms with Crippen LogP contribution in [0.5, 0.6) is 0 Å². The van der Waals surface area contributed by atoms with Crippen molar-refractivity contribution in [1.82, 2.24) is 0 Å². The smallest absolute Gasteiger partial charge is 0.286 e. The van der Waals surface area contributed by atoms with Crippen molar-refractivity contribution in [2.24, 2.45) is 0 Å². The van der Waals surface area contributed by atoms with Crippen molar-refractivity contribution in [3.05, 3.63) is 47.4 Å². The Bertz CT molecular complexity index is 597. The summed E-state index contributed by atoms with van der Waals surface area (Å²) in [5.74, 6) is 0.0197. The summed E-state index contributed by atoms with van der Waals surface area (Å²) in [5.41, 5.74) is 8.45. The van der Waals surface area contributed by atoms with E-state index in [9.17, 15) is 4.39 Å². The molecule has 1 aromatic carbocycles. The predicted octanol–water partition coefficient (Wildman–Crippen LogP) is 2.07. The zero-order valence-electron chi connectivity index (χ0n) is 9.29. The normalized spacial score (nSPS) is 9.94. The van der Waals surface area contributed by atoms with E-state index in [0.717, 1.165) is 11.3 Å². The van der Waals surface area contributed by atoms with Crippen molar-refractivity contribution in [2.45, 2.75) is 6.92 Å². The van der Waals surface area contributed by atoms with Crippen LogP contribution in [0.25, 0.3) is 11.1 Å². The van der Waals surface area contributed by atoms with E-state index in [0.29, 0.717) is 16.9 Å². The average molecular weight is 228 g/mol. The number of nitriles is 1. The maximum absolute atomic E-state index is 12.8. The van der Waals surface area contributed by atoms with Crippen LogP contribution in [0, 0.1) is 24.1 Å². The molecule has 1 aromatic heterocycles. The minimum absolute atomic E-state index is 0.306. The Hall–Kier alpha value is -2.41. The third-order valence-corrected chi connectivity index (χ3v) is 2.50. The maximum Gasteiger partial charge on any atom is 0.289 e. The molecule has 84 valence electrons. The number of hydrogen-bond donors (Lipinski definition) is 1. The lowest BCUT2D eigenvalue weighted by atomic mass is 10.0. The van der Waals surface area contributed by atoms with Gasteiger partial charge in [0, 0.05) is 5.56 Å². The van der Waals surface area contributed by atoms with Gasteiger partial charge in [0.25, 0.3) is 5.82 Å². The summed E-state index contributed by atoms with van der Waals surface area (Å²) < 4.78 is 12.8. The first-order valence-electron chi connectivity index (χ1n) is 5.10. The van der Waals surface area contributed by atoms with Gasteiger partial charge in [0.1, 0.15) is 17.4 Å². The molecule has 0 unspecified atom stereocenters. The molecule has 1 heterocycles. The molecule has 0 bridgehead atoms. The van der Waals surface area contributed by atoms with Gasteiger partial charge in [-0.2, -0.15) is 5.26 Å². The number of aryl methyl sites for hydroxylation is 1. The maximum atomic E-state index is 12.8. The molecule has 17 heavy (non-hydrogen) atoms. The van der Waals surface area contributed by atoms with Gasteiger partial charge in [-0.15, -0.1) is 0 Å². The molecule has 4 heteroatoms. The Labute approximate surface area is 98.3 Å². The lowest BCUT2D eigenvalue weighted by Gasteiger charge is -2.04. The van der Waals surface area contributed by atoms with Crippen LogP contribution >= 0.6 is 0 Å². The van der Waals surface area contributed by atoms with Gasteiger partial charge in [0.05, 0.1) is 5.69 Å². The number of anilines is 1. The average Bonchev–Trinajstić information content (AvgIpc) is 2.29. The van der Waals surface area contributed by atoms with E-state index in [-0.39, 0.29) is 5.82 Å². The second kappa shape index (κ2) is 4.22. The van der Waals surface area contributed by atoms with Crippen LogP contribution in [0.15, 0.2) is 30.3 Å². The van der Waals surface area contributed by atoms with Crippen LogP contribution in [-0.2, 0) is 0 Å². The lowest BCUT2D eigenvalue weighted by Crippen LogP contribution is -2.16. The number of nitrogens with one attached hydrogen (secondary N) is 1. The zero-order valence-corrected chi connectivity index (χ0v) is 9.29. The molecule has 0 spiro atoms. The minimum Gasteiger partial charge on any atom is -0.286 e. The molecule has 0 saturated carbocycles. The highest BCUT2D eigenvalue weighted by atomic mass is 19.1. The number of halogens is 1. The SMILES string of the molecule is Cc1cc(-c2ccc(F)cc2)c(C#N)c(N)[nH+]1. The standard InChI is InChI=1S/C13H10FN3/c1-8-6-11(12(7-15)13(16)17-8)9-2-4-10(14)5-3-9/h2-6H,1H3,(H2,16,17)/p+1. The number of hydrogen-bond acceptors (Lipinski definition) is 2. The molecule has 0 aliphatic carbocycles. The third kappa shape index (κ3) is 2.08. The van der Waals surface area contributed by atoms with E-state index in [4.69, 9.17) is 11.0 Å². The molecule has 0 aliphatic rings. The van der Waals surface area contributed by atoms with Gasteiger partial charge in [0.15, 0.2) is 0 Å². The van der Waals surface area contributed by atoms with Crippen LogP contribution in [0.1, 0.15) is 11.3 Å². The van der Waals surface area contributed by atoms with E-state index in [1.54, 1.807) is 12.1 Å². The summed E-state index contributed by atoms with van der Waals surface area (Å²) in [6.07, 6.45) is 0. The monoisotopic (exact) mass is 228 g/mol. The first-order chi connectivity index (χ1) is 8.11. The fourth-order valence-corrected chi connectivity index (χ4v) is 1.72. The molecule has 0 radical (unpaired) electrons. The molecular weight excluding hydrogens is 217 g/mol. The Balaban J connectivity index is 2.66. The molecule has 0 fully saturated rings. The highest BCUT2D eigenvalue weighted by molar-refractivity contribution is 5.74. The summed E-state index contributed by atoms with van der Waals surface area (Å²) in [5, 5.41) is 9.08. The fourth-order valence-electron chi connectivity index (χ4n) is 1.72. The van der Waals surface area contributed by atoms with Crippen molar-refractivity contribution in [1.29, 1.82) is 5.26 Å². The van der Waals surface area contributed by atoms with Crippen molar-refractivity contribution in [2.75, 3.05) is 5.73 Å². The predicted molar refractivity (Wildman–Crippen MR) is 62.3 cm³/mol. The van der Waals surface area contributed by atoms with E-state index in [1.165, 1.54) is 12.1 Å². The Morgan fingerprint density at radius 2 is 1.94 bits per heavy atom. The largest absolute Gasteiger partial charge is 0.289 e. The number of aromatic amines is 1. The molecule has 0 amide bonds. The number of rotatable bonds is 1. The fraction of sp³-hybridized carbons (Fsp3) is 0.0769. The topological polar surface area (TPSA) is 64.0 Å².